The zero-order valence-electron chi connectivity index (χ0n) is 29.4. The molecule has 0 saturated heterocycles. The Morgan fingerprint density at radius 1 is 0.185 bits per heavy atom. The first kappa shape index (κ1) is 31.5. The number of benzene rings is 9. The minimum absolute atomic E-state index is 0.650. The highest BCUT2D eigenvalue weighted by molar-refractivity contribution is 6.15. The molecule has 0 atom stereocenters. The Balaban J connectivity index is 1.14. The summed E-state index contributed by atoms with van der Waals surface area (Å²) in [5.74, 6) is 1.95. The molecule has 0 radical (unpaired) electrons. The Kier molecular flexibility index (Phi) is 7.81. The van der Waals surface area contributed by atoms with E-state index in [0.29, 0.717) is 17.5 Å². The summed E-state index contributed by atoms with van der Waals surface area (Å²) in [5, 5.41) is 7.16. The quantitative estimate of drug-likeness (QED) is 0.175. The van der Waals surface area contributed by atoms with Gasteiger partial charge in [0.2, 0.25) is 0 Å². The molecule has 9 aromatic carbocycles. The third kappa shape index (κ3) is 5.51. The van der Waals surface area contributed by atoms with Crippen molar-refractivity contribution in [2.45, 2.75) is 0 Å². The summed E-state index contributed by atoms with van der Waals surface area (Å²) in [6.45, 7) is 0. The molecule has 1 heterocycles. The molecule has 3 nitrogen and oxygen atoms in total. The zero-order chi connectivity index (χ0) is 35.8. The van der Waals surface area contributed by atoms with Crippen LogP contribution in [0.3, 0.4) is 0 Å². The van der Waals surface area contributed by atoms with Crippen LogP contribution in [0.1, 0.15) is 0 Å². The van der Waals surface area contributed by atoms with Crippen molar-refractivity contribution >= 4 is 32.3 Å². The van der Waals surface area contributed by atoms with E-state index in [4.69, 9.17) is 15.0 Å². The molecule has 10 aromatic rings. The van der Waals surface area contributed by atoms with Crippen LogP contribution in [0.4, 0.5) is 0 Å². The molecule has 0 fully saturated rings. The van der Waals surface area contributed by atoms with E-state index in [0.717, 1.165) is 27.5 Å². The number of rotatable bonds is 6. The first-order chi connectivity index (χ1) is 26.8. The second kappa shape index (κ2) is 13.4. The van der Waals surface area contributed by atoms with Crippen LogP contribution in [0.15, 0.2) is 200 Å². The first-order valence-electron chi connectivity index (χ1n) is 18.3. The van der Waals surface area contributed by atoms with E-state index >= 15 is 0 Å². The van der Waals surface area contributed by atoms with Crippen molar-refractivity contribution in [2.75, 3.05) is 0 Å². The summed E-state index contributed by atoms with van der Waals surface area (Å²) in [5.41, 5.74) is 10.1. The lowest BCUT2D eigenvalue weighted by molar-refractivity contribution is 1.08. The highest BCUT2D eigenvalue weighted by atomic mass is 15.0. The molecule has 0 aliphatic heterocycles. The summed E-state index contributed by atoms with van der Waals surface area (Å²) in [6, 6.07) is 70.7. The predicted octanol–water partition coefficient (Wildman–Crippen LogP) is 13.3. The van der Waals surface area contributed by atoms with E-state index < -0.39 is 0 Å². The number of hydrogen-bond acceptors (Lipinski definition) is 3. The molecule has 0 aliphatic rings. The van der Waals surface area contributed by atoms with Crippen LogP contribution in [0.2, 0.25) is 0 Å². The van der Waals surface area contributed by atoms with Crippen molar-refractivity contribution in [3.05, 3.63) is 200 Å². The second-order valence-electron chi connectivity index (χ2n) is 13.5. The lowest BCUT2D eigenvalue weighted by Gasteiger charge is -2.17. The fourth-order valence-corrected chi connectivity index (χ4v) is 7.83. The van der Waals surface area contributed by atoms with Crippen molar-refractivity contribution in [2.24, 2.45) is 0 Å². The fourth-order valence-electron chi connectivity index (χ4n) is 7.83. The van der Waals surface area contributed by atoms with Crippen LogP contribution in [-0.4, -0.2) is 15.0 Å². The van der Waals surface area contributed by atoms with Gasteiger partial charge in [-0.1, -0.05) is 194 Å². The van der Waals surface area contributed by atoms with Crippen LogP contribution in [-0.2, 0) is 0 Å². The van der Waals surface area contributed by atoms with Gasteiger partial charge in [-0.05, 0) is 71.8 Å². The molecule has 0 saturated carbocycles. The largest absolute Gasteiger partial charge is 0.208 e. The molecule has 0 bridgehead atoms. The Labute approximate surface area is 313 Å². The van der Waals surface area contributed by atoms with Crippen molar-refractivity contribution in [1.29, 1.82) is 0 Å². The van der Waals surface area contributed by atoms with E-state index in [1.165, 1.54) is 54.9 Å². The highest BCUT2D eigenvalue weighted by Crippen LogP contribution is 2.43. The van der Waals surface area contributed by atoms with Gasteiger partial charge in [0.25, 0.3) is 0 Å². The van der Waals surface area contributed by atoms with Crippen LogP contribution < -0.4 is 0 Å². The third-order valence-electron chi connectivity index (χ3n) is 10.4. The molecular formula is C51H33N3. The number of aromatic nitrogens is 3. The normalized spacial score (nSPS) is 11.3. The van der Waals surface area contributed by atoms with E-state index in [1.807, 2.05) is 60.7 Å². The Hall–Kier alpha value is -7.23. The van der Waals surface area contributed by atoms with Crippen molar-refractivity contribution < 1.29 is 0 Å². The number of nitrogens with zero attached hydrogens (tertiary/aromatic N) is 3. The molecule has 10 rings (SSSR count). The topological polar surface area (TPSA) is 38.7 Å². The maximum atomic E-state index is 5.08. The van der Waals surface area contributed by atoms with E-state index in [1.54, 1.807) is 0 Å². The molecule has 3 heteroatoms. The van der Waals surface area contributed by atoms with Crippen molar-refractivity contribution in [3.63, 3.8) is 0 Å². The molecule has 0 N–H and O–H groups in total. The van der Waals surface area contributed by atoms with Gasteiger partial charge in [-0.2, -0.15) is 0 Å². The SMILES string of the molecule is c1ccc(-c2nc(-c3ccccc3)nc(-c3ccc(-c4ccc(-c5ccc(-c6ccccc6)c6ccccc56)c5ccccc45)c4ccccc34)n2)cc1. The fraction of sp³-hybridized carbons (Fsp3) is 0. The standard InChI is InChI=1S/C51H33N3/c1-4-16-34(17-5-1)37-28-29-44(39-23-11-10-22-38(37)39)45-30-31-46(41-25-13-12-24-40(41)45)47-32-33-48(43-27-15-14-26-42(43)47)51-53-49(35-18-6-2-7-19-35)52-50(54-51)36-20-8-3-9-21-36/h1-33H. The van der Waals surface area contributed by atoms with Gasteiger partial charge in [-0.3, -0.25) is 0 Å². The smallest absolute Gasteiger partial charge is 0.164 e. The minimum atomic E-state index is 0.650. The number of fused-ring (bicyclic) bond motifs is 3. The zero-order valence-corrected chi connectivity index (χ0v) is 29.4. The number of hydrogen-bond donors (Lipinski definition) is 0. The highest BCUT2D eigenvalue weighted by Gasteiger charge is 2.18. The molecule has 54 heavy (non-hydrogen) atoms. The molecule has 0 spiro atoms. The van der Waals surface area contributed by atoms with Gasteiger partial charge < -0.3 is 0 Å². The lowest BCUT2D eigenvalue weighted by Crippen LogP contribution is -2.00. The van der Waals surface area contributed by atoms with Gasteiger partial charge >= 0.3 is 0 Å². The maximum absolute atomic E-state index is 5.08. The van der Waals surface area contributed by atoms with E-state index in [9.17, 15) is 0 Å². The predicted molar refractivity (Wildman–Crippen MR) is 225 cm³/mol. The minimum Gasteiger partial charge on any atom is -0.208 e. The van der Waals surface area contributed by atoms with Crippen molar-refractivity contribution in [3.8, 4) is 67.5 Å². The Morgan fingerprint density at radius 3 is 0.833 bits per heavy atom. The van der Waals surface area contributed by atoms with Gasteiger partial charge in [0, 0.05) is 16.7 Å². The molecule has 1 aromatic heterocycles. The van der Waals surface area contributed by atoms with Gasteiger partial charge in [-0.25, -0.2) is 15.0 Å². The van der Waals surface area contributed by atoms with Gasteiger partial charge in [-0.15, -0.1) is 0 Å². The maximum Gasteiger partial charge on any atom is 0.164 e. The van der Waals surface area contributed by atoms with Gasteiger partial charge in [0.1, 0.15) is 0 Å². The summed E-state index contributed by atoms with van der Waals surface area (Å²) in [6.07, 6.45) is 0. The summed E-state index contributed by atoms with van der Waals surface area (Å²) in [4.78, 5) is 15.1. The summed E-state index contributed by atoms with van der Waals surface area (Å²) >= 11 is 0. The molecule has 0 aliphatic carbocycles. The average Bonchev–Trinajstić information content (AvgIpc) is 3.26. The summed E-state index contributed by atoms with van der Waals surface area (Å²) < 4.78 is 0. The first-order valence-corrected chi connectivity index (χ1v) is 18.3. The van der Waals surface area contributed by atoms with Crippen LogP contribution in [0, 0.1) is 0 Å². The van der Waals surface area contributed by atoms with Gasteiger partial charge in [0.15, 0.2) is 17.5 Å². The van der Waals surface area contributed by atoms with Crippen LogP contribution >= 0.6 is 0 Å². The third-order valence-corrected chi connectivity index (χ3v) is 10.4. The van der Waals surface area contributed by atoms with Crippen molar-refractivity contribution in [1.82, 2.24) is 15.0 Å². The molecule has 0 unspecified atom stereocenters. The Morgan fingerprint density at radius 2 is 0.444 bits per heavy atom. The van der Waals surface area contributed by atoms with Crippen LogP contribution in [0.5, 0.6) is 0 Å². The van der Waals surface area contributed by atoms with Gasteiger partial charge in [0.05, 0.1) is 0 Å². The van der Waals surface area contributed by atoms with E-state index in [-0.39, 0.29) is 0 Å². The monoisotopic (exact) mass is 687 g/mol. The van der Waals surface area contributed by atoms with Crippen LogP contribution in [0.25, 0.3) is 99.9 Å². The average molecular weight is 688 g/mol. The molecular weight excluding hydrogens is 655 g/mol. The second-order valence-corrected chi connectivity index (χ2v) is 13.5. The Bertz CT molecular complexity index is 2920. The lowest BCUT2D eigenvalue weighted by atomic mass is 9.87. The molecule has 0 amide bonds. The summed E-state index contributed by atoms with van der Waals surface area (Å²) in [7, 11) is 0. The van der Waals surface area contributed by atoms with E-state index in [2.05, 4.69) is 140 Å². The molecule has 252 valence electrons.